The molecule has 7 heteroatoms. The molecule has 1 heterocycles. The van der Waals surface area contributed by atoms with Crippen LogP contribution in [0.2, 0.25) is 0 Å². The van der Waals surface area contributed by atoms with Crippen LogP contribution in [0.25, 0.3) is 0 Å². The lowest BCUT2D eigenvalue weighted by atomic mass is 10.3. The van der Waals surface area contributed by atoms with Gasteiger partial charge < -0.3 is 5.43 Å². The van der Waals surface area contributed by atoms with Crippen LogP contribution in [0, 0.1) is 0 Å². The molecule has 0 unspecified atom stereocenters. The number of aromatic nitrogens is 1. The van der Waals surface area contributed by atoms with E-state index in [0.29, 0.717) is 18.8 Å². The number of sulfonamides is 1. The SMILES string of the molecule is CCN(Cc1ccncc1)S(=O)(=O)c1ccc(NN)cc1. The van der Waals surface area contributed by atoms with Crippen LogP contribution >= 0.6 is 0 Å². The number of hydrogen-bond donors (Lipinski definition) is 2. The minimum atomic E-state index is -3.53. The van der Waals surface area contributed by atoms with E-state index < -0.39 is 10.0 Å². The molecule has 1 aromatic heterocycles. The smallest absolute Gasteiger partial charge is 0.243 e. The third-order valence-corrected chi connectivity index (χ3v) is 5.05. The zero-order chi connectivity index (χ0) is 15.3. The first-order valence-corrected chi connectivity index (χ1v) is 7.97. The lowest BCUT2D eigenvalue weighted by molar-refractivity contribution is 0.423. The van der Waals surface area contributed by atoms with Crippen LogP contribution in [0.3, 0.4) is 0 Å². The highest BCUT2D eigenvalue weighted by Crippen LogP contribution is 2.19. The minimum absolute atomic E-state index is 0.248. The van der Waals surface area contributed by atoms with Gasteiger partial charge in [0.05, 0.1) is 4.90 Å². The Morgan fingerprint density at radius 1 is 1.14 bits per heavy atom. The molecular weight excluding hydrogens is 288 g/mol. The van der Waals surface area contributed by atoms with Crippen LogP contribution < -0.4 is 11.3 Å². The summed E-state index contributed by atoms with van der Waals surface area (Å²) in [6.07, 6.45) is 3.30. The van der Waals surface area contributed by atoms with Gasteiger partial charge in [-0.3, -0.25) is 10.8 Å². The van der Waals surface area contributed by atoms with Gasteiger partial charge in [0.25, 0.3) is 0 Å². The van der Waals surface area contributed by atoms with Gasteiger partial charge in [-0.2, -0.15) is 4.31 Å². The first kappa shape index (κ1) is 15.4. The van der Waals surface area contributed by atoms with Crippen LogP contribution in [0.1, 0.15) is 12.5 Å². The molecule has 21 heavy (non-hydrogen) atoms. The second-order valence-corrected chi connectivity index (χ2v) is 6.39. The van der Waals surface area contributed by atoms with Gasteiger partial charge in [0.2, 0.25) is 10.0 Å². The molecule has 0 saturated carbocycles. The van der Waals surface area contributed by atoms with Crippen molar-refractivity contribution >= 4 is 15.7 Å². The molecule has 0 bridgehead atoms. The Balaban J connectivity index is 2.26. The summed E-state index contributed by atoms with van der Waals surface area (Å²) < 4.78 is 26.7. The highest BCUT2D eigenvalue weighted by atomic mass is 32.2. The van der Waals surface area contributed by atoms with Gasteiger partial charge in [0, 0.05) is 31.2 Å². The number of nitrogen functional groups attached to an aromatic ring is 1. The number of hydrazine groups is 1. The van der Waals surface area contributed by atoms with Crippen LogP contribution in [0.5, 0.6) is 0 Å². The zero-order valence-electron chi connectivity index (χ0n) is 11.7. The predicted molar refractivity (Wildman–Crippen MR) is 81.8 cm³/mol. The first-order chi connectivity index (χ1) is 10.1. The molecule has 0 aliphatic rings. The maximum Gasteiger partial charge on any atom is 0.243 e. The molecule has 0 atom stereocenters. The summed E-state index contributed by atoms with van der Waals surface area (Å²) in [5.74, 6) is 5.28. The van der Waals surface area contributed by atoms with Gasteiger partial charge in [-0.15, -0.1) is 0 Å². The Labute approximate surface area is 124 Å². The Bertz CT molecular complexity index is 672. The lowest BCUT2D eigenvalue weighted by Crippen LogP contribution is -2.30. The molecule has 0 aliphatic heterocycles. The quantitative estimate of drug-likeness (QED) is 0.625. The summed E-state index contributed by atoms with van der Waals surface area (Å²) in [5, 5.41) is 0. The Morgan fingerprint density at radius 3 is 2.29 bits per heavy atom. The van der Waals surface area contributed by atoms with Crippen molar-refractivity contribution in [2.45, 2.75) is 18.4 Å². The van der Waals surface area contributed by atoms with Crippen molar-refractivity contribution < 1.29 is 8.42 Å². The maximum atomic E-state index is 12.6. The Hall–Kier alpha value is -1.96. The van der Waals surface area contributed by atoms with Crippen molar-refractivity contribution in [2.75, 3.05) is 12.0 Å². The molecule has 112 valence electrons. The van der Waals surface area contributed by atoms with Gasteiger partial charge in [0.15, 0.2) is 0 Å². The fourth-order valence-corrected chi connectivity index (χ4v) is 3.37. The average Bonchev–Trinajstić information content (AvgIpc) is 2.53. The monoisotopic (exact) mass is 306 g/mol. The Kier molecular flexibility index (Phi) is 4.89. The van der Waals surface area contributed by atoms with Crippen LogP contribution in [-0.2, 0) is 16.6 Å². The minimum Gasteiger partial charge on any atom is -0.324 e. The average molecular weight is 306 g/mol. The zero-order valence-corrected chi connectivity index (χ0v) is 12.5. The van der Waals surface area contributed by atoms with E-state index in [4.69, 9.17) is 5.84 Å². The largest absolute Gasteiger partial charge is 0.324 e. The van der Waals surface area contributed by atoms with Crippen molar-refractivity contribution in [3.05, 3.63) is 54.4 Å². The summed E-state index contributed by atoms with van der Waals surface area (Å²) in [5.41, 5.74) is 4.03. The van der Waals surface area contributed by atoms with E-state index in [0.717, 1.165) is 5.56 Å². The Morgan fingerprint density at radius 2 is 1.76 bits per heavy atom. The predicted octanol–water partition coefficient (Wildman–Crippen LogP) is 1.58. The number of nitrogens with zero attached hydrogens (tertiary/aromatic N) is 2. The number of nitrogens with one attached hydrogen (secondary N) is 1. The molecule has 3 N–H and O–H groups in total. The van der Waals surface area contributed by atoms with Crippen LogP contribution in [-0.4, -0.2) is 24.3 Å². The molecule has 0 amide bonds. The summed E-state index contributed by atoms with van der Waals surface area (Å²) in [6, 6.07) is 9.96. The van der Waals surface area contributed by atoms with Crippen molar-refractivity contribution in [2.24, 2.45) is 5.84 Å². The van der Waals surface area contributed by atoms with Gasteiger partial charge in [-0.05, 0) is 42.0 Å². The molecule has 0 spiro atoms. The molecule has 0 aliphatic carbocycles. The fraction of sp³-hybridized carbons (Fsp3) is 0.214. The number of benzene rings is 1. The highest BCUT2D eigenvalue weighted by molar-refractivity contribution is 7.89. The van der Waals surface area contributed by atoms with E-state index >= 15 is 0 Å². The van der Waals surface area contributed by atoms with E-state index in [1.165, 1.54) is 4.31 Å². The van der Waals surface area contributed by atoms with Gasteiger partial charge in [-0.1, -0.05) is 6.92 Å². The molecule has 0 radical (unpaired) electrons. The van der Waals surface area contributed by atoms with Crippen molar-refractivity contribution in [3.63, 3.8) is 0 Å². The van der Waals surface area contributed by atoms with Crippen molar-refractivity contribution in [1.29, 1.82) is 0 Å². The molecule has 1 aromatic carbocycles. The topological polar surface area (TPSA) is 88.3 Å². The van der Waals surface area contributed by atoms with E-state index in [2.05, 4.69) is 10.4 Å². The number of nitrogens with two attached hydrogens (primary N) is 1. The highest BCUT2D eigenvalue weighted by Gasteiger charge is 2.23. The lowest BCUT2D eigenvalue weighted by Gasteiger charge is -2.20. The number of anilines is 1. The van der Waals surface area contributed by atoms with Crippen molar-refractivity contribution in [1.82, 2.24) is 9.29 Å². The van der Waals surface area contributed by atoms with Crippen LogP contribution in [0.4, 0.5) is 5.69 Å². The molecule has 6 nitrogen and oxygen atoms in total. The van der Waals surface area contributed by atoms with Gasteiger partial charge in [-0.25, -0.2) is 8.42 Å². The number of rotatable bonds is 6. The van der Waals surface area contributed by atoms with Gasteiger partial charge >= 0.3 is 0 Å². The molecule has 2 aromatic rings. The normalized spacial score (nSPS) is 11.6. The van der Waals surface area contributed by atoms with Crippen molar-refractivity contribution in [3.8, 4) is 0 Å². The standard InChI is InChI=1S/C14H18N4O2S/c1-2-18(11-12-7-9-16-10-8-12)21(19,20)14-5-3-13(17-15)4-6-14/h3-10,17H,2,11,15H2,1H3. The third-order valence-electron chi connectivity index (χ3n) is 3.12. The number of pyridine rings is 1. The molecule has 0 saturated heterocycles. The third kappa shape index (κ3) is 3.57. The van der Waals surface area contributed by atoms with E-state index in [-0.39, 0.29) is 4.90 Å². The molecule has 0 fully saturated rings. The maximum absolute atomic E-state index is 12.6. The summed E-state index contributed by atoms with van der Waals surface area (Å²) in [6.45, 7) is 2.52. The van der Waals surface area contributed by atoms with Crippen LogP contribution in [0.15, 0.2) is 53.7 Å². The van der Waals surface area contributed by atoms with E-state index in [1.54, 1.807) is 48.8 Å². The van der Waals surface area contributed by atoms with E-state index in [1.807, 2.05) is 6.92 Å². The number of hydrogen-bond acceptors (Lipinski definition) is 5. The fourth-order valence-electron chi connectivity index (χ4n) is 1.93. The second-order valence-electron chi connectivity index (χ2n) is 4.46. The summed E-state index contributed by atoms with van der Waals surface area (Å²) >= 11 is 0. The van der Waals surface area contributed by atoms with Gasteiger partial charge in [0.1, 0.15) is 0 Å². The second kappa shape index (κ2) is 6.66. The van der Waals surface area contributed by atoms with E-state index in [9.17, 15) is 8.42 Å². The summed E-state index contributed by atoms with van der Waals surface area (Å²) in [7, 11) is -3.53. The summed E-state index contributed by atoms with van der Waals surface area (Å²) in [4.78, 5) is 4.18. The molecular formula is C14H18N4O2S. The first-order valence-electron chi connectivity index (χ1n) is 6.53. The molecule has 2 rings (SSSR count).